The highest BCUT2D eigenvalue weighted by molar-refractivity contribution is 7.99. The van der Waals surface area contributed by atoms with Crippen LogP contribution in [0, 0.1) is 0 Å². The van der Waals surface area contributed by atoms with E-state index in [2.05, 4.69) is 5.32 Å². The second-order valence-electron chi connectivity index (χ2n) is 5.60. The predicted molar refractivity (Wildman–Crippen MR) is 100 cm³/mol. The average Bonchev–Trinajstić information content (AvgIpc) is 3.01. The molecule has 2 aromatic carbocycles. The molecule has 1 atom stereocenters. The number of carbonyl (C=O) groups excluding carboxylic acids is 1. The summed E-state index contributed by atoms with van der Waals surface area (Å²) < 4.78 is 5.78. The Balaban J connectivity index is 1.49. The van der Waals surface area contributed by atoms with E-state index in [4.69, 9.17) is 16.0 Å². The minimum absolute atomic E-state index is 0.00178. The third kappa shape index (κ3) is 4.34. The van der Waals surface area contributed by atoms with E-state index in [1.807, 2.05) is 61.5 Å². The van der Waals surface area contributed by atoms with Crippen LogP contribution in [0.4, 0.5) is 0 Å². The van der Waals surface area contributed by atoms with E-state index in [0.29, 0.717) is 5.75 Å². The molecular weight excluding hydrogens is 342 g/mol. The van der Waals surface area contributed by atoms with Crippen LogP contribution in [0.5, 0.6) is 0 Å². The van der Waals surface area contributed by atoms with Crippen LogP contribution in [0.1, 0.15) is 24.3 Å². The summed E-state index contributed by atoms with van der Waals surface area (Å²) in [6, 6.07) is 17.3. The van der Waals surface area contributed by atoms with Gasteiger partial charge in [0.25, 0.3) is 0 Å². The van der Waals surface area contributed by atoms with Gasteiger partial charge in [-0.05, 0) is 36.8 Å². The highest BCUT2D eigenvalue weighted by Gasteiger charge is 2.14. The van der Waals surface area contributed by atoms with E-state index in [1.165, 1.54) is 0 Å². The van der Waals surface area contributed by atoms with Gasteiger partial charge >= 0.3 is 0 Å². The molecule has 1 N–H and O–H groups in total. The first-order valence-electron chi connectivity index (χ1n) is 7.72. The van der Waals surface area contributed by atoms with Gasteiger partial charge in [0.1, 0.15) is 11.3 Å². The van der Waals surface area contributed by atoms with Crippen molar-refractivity contribution >= 4 is 40.2 Å². The lowest BCUT2D eigenvalue weighted by Gasteiger charge is -2.11. The molecule has 1 aromatic heterocycles. The molecule has 3 rings (SSSR count). The number of hydrogen-bond acceptors (Lipinski definition) is 3. The zero-order valence-corrected chi connectivity index (χ0v) is 14.9. The van der Waals surface area contributed by atoms with Crippen molar-refractivity contribution in [2.45, 2.75) is 18.7 Å². The van der Waals surface area contributed by atoms with Crippen molar-refractivity contribution in [2.24, 2.45) is 0 Å². The van der Waals surface area contributed by atoms with Gasteiger partial charge in [0.2, 0.25) is 5.91 Å². The van der Waals surface area contributed by atoms with Crippen LogP contribution in [0.15, 0.2) is 59.0 Å². The van der Waals surface area contributed by atoms with Crippen LogP contribution in [-0.2, 0) is 10.5 Å². The molecular formula is C19H18ClNO2S. The number of nitrogens with one attached hydrogen (secondary N) is 1. The molecule has 124 valence electrons. The number of benzene rings is 2. The molecule has 5 heteroatoms. The Kier molecular flexibility index (Phi) is 5.48. The van der Waals surface area contributed by atoms with Crippen molar-refractivity contribution in [3.63, 3.8) is 0 Å². The second kappa shape index (κ2) is 7.77. The highest BCUT2D eigenvalue weighted by Crippen LogP contribution is 2.23. The zero-order chi connectivity index (χ0) is 16.9. The second-order valence-corrected chi connectivity index (χ2v) is 7.02. The summed E-state index contributed by atoms with van der Waals surface area (Å²) in [5.41, 5.74) is 1.99. The molecule has 0 bridgehead atoms. The van der Waals surface area contributed by atoms with E-state index in [0.717, 1.165) is 33.1 Å². The van der Waals surface area contributed by atoms with E-state index in [-0.39, 0.29) is 11.9 Å². The van der Waals surface area contributed by atoms with Crippen LogP contribution in [0.3, 0.4) is 0 Å². The van der Waals surface area contributed by atoms with Crippen molar-refractivity contribution in [1.82, 2.24) is 5.32 Å². The Bertz CT molecular complexity index is 796. The average molecular weight is 360 g/mol. The smallest absolute Gasteiger partial charge is 0.230 e. The number of rotatable bonds is 6. The minimum atomic E-state index is -0.152. The summed E-state index contributed by atoms with van der Waals surface area (Å²) >= 11 is 7.44. The number of thioether (sulfide) groups is 1. The first kappa shape index (κ1) is 16.9. The van der Waals surface area contributed by atoms with Gasteiger partial charge < -0.3 is 9.73 Å². The monoisotopic (exact) mass is 359 g/mol. The number of fused-ring (bicyclic) bond motifs is 1. The Labute approximate surface area is 150 Å². The van der Waals surface area contributed by atoms with Crippen molar-refractivity contribution in [3.8, 4) is 0 Å². The molecule has 0 saturated carbocycles. The molecule has 1 unspecified atom stereocenters. The fourth-order valence-corrected chi connectivity index (χ4v) is 3.34. The predicted octanol–water partition coefficient (Wildman–Crippen LogP) is 5.20. The van der Waals surface area contributed by atoms with Gasteiger partial charge in [-0.2, -0.15) is 0 Å². The molecule has 0 radical (unpaired) electrons. The maximum Gasteiger partial charge on any atom is 0.230 e. The Morgan fingerprint density at radius 1 is 1.21 bits per heavy atom. The molecule has 0 spiro atoms. The normalized spacial score (nSPS) is 12.2. The Morgan fingerprint density at radius 3 is 2.71 bits per heavy atom. The maximum absolute atomic E-state index is 12.1. The Hall–Kier alpha value is -1.91. The fourth-order valence-electron chi connectivity index (χ4n) is 2.41. The third-order valence-electron chi connectivity index (χ3n) is 3.66. The summed E-state index contributed by atoms with van der Waals surface area (Å²) in [7, 11) is 0. The van der Waals surface area contributed by atoms with Crippen LogP contribution in [-0.4, -0.2) is 11.7 Å². The molecule has 0 aliphatic rings. The number of furan rings is 1. The van der Waals surface area contributed by atoms with Crippen LogP contribution in [0.25, 0.3) is 11.0 Å². The van der Waals surface area contributed by atoms with Gasteiger partial charge in [0, 0.05) is 16.2 Å². The first-order chi connectivity index (χ1) is 11.6. The van der Waals surface area contributed by atoms with Gasteiger partial charge in [-0.15, -0.1) is 11.8 Å². The molecule has 24 heavy (non-hydrogen) atoms. The highest BCUT2D eigenvalue weighted by atomic mass is 35.5. The molecule has 0 aliphatic heterocycles. The summed E-state index contributed by atoms with van der Waals surface area (Å²) in [4.78, 5) is 12.1. The SMILES string of the molecule is CC(NC(=O)CSCc1ccc(Cl)cc1)c1cc2ccccc2o1. The number of para-hydroxylation sites is 1. The van der Waals surface area contributed by atoms with Crippen LogP contribution < -0.4 is 5.32 Å². The molecule has 1 amide bonds. The number of amides is 1. The minimum Gasteiger partial charge on any atom is -0.459 e. The lowest BCUT2D eigenvalue weighted by atomic mass is 10.2. The van der Waals surface area contributed by atoms with Crippen molar-refractivity contribution in [3.05, 3.63) is 70.9 Å². The topological polar surface area (TPSA) is 42.2 Å². The molecule has 0 saturated heterocycles. The van der Waals surface area contributed by atoms with Gasteiger partial charge in [0.05, 0.1) is 11.8 Å². The van der Waals surface area contributed by atoms with Gasteiger partial charge in [0.15, 0.2) is 0 Å². The molecule has 0 aliphatic carbocycles. The molecule has 3 nitrogen and oxygen atoms in total. The van der Waals surface area contributed by atoms with E-state index in [9.17, 15) is 4.79 Å². The maximum atomic E-state index is 12.1. The Morgan fingerprint density at radius 2 is 1.96 bits per heavy atom. The van der Waals surface area contributed by atoms with Gasteiger partial charge in [-0.25, -0.2) is 0 Å². The van der Waals surface area contributed by atoms with E-state index in [1.54, 1.807) is 11.8 Å². The lowest BCUT2D eigenvalue weighted by molar-refractivity contribution is -0.119. The summed E-state index contributed by atoms with van der Waals surface area (Å²) in [5, 5.41) is 4.75. The van der Waals surface area contributed by atoms with Crippen molar-refractivity contribution < 1.29 is 9.21 Å². The largest absolute Gasteiger partial charge is 0.459 e. The quantitative estimate of drug-likeness (QED) is 0.658. The molecule has 3 aromatic rings. The lowest BCUT2D eigenvalue weighted by Crippen LogP contribution is -2.27. The number of carbonyl (C=O) groups is 1. The summed E-state index contributed by atoms with van der Waals surface area (Å²) in [6.07, 6.45) is 0. The number of hydrogen-bond donors (Lipinski definition) is 1. The van der Waals surface area contributed by atoms with Crippen LogP contribution >= 0.6 is 23.4 Å². The fraction of sp³-hybridized carbons (Fsp3) is 0.211. The third-order valence-corrected chi connectivity index (χ3v) is 4.92. The summed E-state index contributed by atoms with van der Waals surface area (Å²) in [5.74, 6) is 1.96. The van der Waals surface area contributed by atoms with E-state index >= 15 is 0 Å². The first-order valence-corrected chi connectivity index (χ1v) is 9.25. The van der Waals surface area contributed by atoms with Crippen molar-refractivity contribution in [2.75, 3.05) is 5.75 Å². The van der Waals surface area contributed by atoms with Crippen molar-refractivity contribution in [1.29, 1.82) is 0 Å². The zero-order valence-electron chi connectivity index (χ0n) is 13.3. The van der Waals surface area contributed by atoms with Gasteiger partial charge in [-0.1, -0.05) is 41.9 Å². The van der Waals surface area contributed by atoms with E-state index < -0.39 is 0 Å². The number of halogens is 1. The summed E-state index contributed by atoms with van der Waals surface area (Å²) in [6.45, 7) is 1.93. The molecule has 1 heterocycles. The molecule has 0 fully saturated rings. The van der Waals surface area contributed by atoms with Gasteiger partial charge in [-0.3, -0.25) is 4.79 Å². The standard InChI is InChI=1S/C19H18ClNO2S/c1-13(18-10-15-4-2-3-5-17(15)23-18)21-19(22)12-24-11-14-6-8-16(20)9-7-14/h2-10,13H,11-12H2,1H3,(H,21,22). The van der Waals surface area contributed by atoms with Crippen LogP contribution in [0.2, 0.25) is 5.02 Å².